The van der Waals surface area contributed by atoms with Gasteiger partial charge in [0.1, 0.15) is 0 Å². The van der Waals surface area contributed by atoms with Crippen LogP contribution in [0.4, 0.5) is 5.69 Å². The number of aromatic nitrogens is 3. The van der Waals surface area contributed by atoms with E-state index < -0.39 is 0 Å². The maximum Gasteiger partial charge on any atom is 0.161 e. The zero-order valence-corrected chi connectivity index (χ0v) is 15.8. The standard InChI is InChI=1S/C23H22N4/c1-4-15-10-9-13(2)11-17(15)22-20-14(3)25-23-21(20)18(12-24-27-23)16-7-5-6-8-19(16)26-22/h5-12,22,26H,4H2,1-3H3,(H,25,27). The van der Waals surface area contributed by atoms with Crippen LogP contribution in [0.5, 0.6) is 0 Å². The number of H-pyrrole nitrogens is 1. The van der Waals surface area contributed by atoms with Gasteiger partial charge in [-0.25, -0.2) is 0 Å². The Morgan fingerprint density at radius 1 is 1.04 bits per heavy atom. The van der Waals surface area contributed by atoms with Crippen molar-refractivity contribution in [1.82, 2.24) is 15.2 Å². The second-order valence-corrected chi connectivity index (χ2v) is 7.32. The van der Waals surface area contributed by atoms with Crippen LogP contribution in [0.15, 0.2) is 48.7 Å². The van der Waals surface area contributed by atoms with Crippen molar-refractivity contribution in [2.45, 2.75) is 33.2 Å². The summed E-state index contributed by atoms with van der Waals surface area (Å²) >= 11 is 0. The quantitative estimate of drug-likeness (QED) is 0.512. The third kappa shape index (κ3) is 2.36. The summed E-state index contributed by atoms with van der Waals surface area (Å²) in [4.78, 5) is 3.46. The topological polar surface area (TPSA) is 53.6 Å². The summed E-state index contributed by atoms with van der Waals surface area (Å²) in [5.74, 6) is 0. The Labute approximate surface area is 158 Å². The van der Waals surface area contributed by atoms with Crippen LogP contribution in [-0.4, -0.2) is 15.2 Å². The predicted octanol–water partition coefficient (Wildman–Crippen LogP) is 5.32. The highest BCUT2D eigenvalue weighted by Crippen LogP contribution is 2.45. The van der Waals surface area contributed by atoms with Crippen LogP contribution in [-0.2, 0) is 6.42 Å². The molecule has 1 aliphatic heterocycles. The highest BCUT2D eigenvalue weighted by atomic mass is 15.1. The van der Waals surface area contributed by atoms with Crippen molar-refractivity contribution in [3.63, 3.8) is 0 Å². The molecule has 4 aromatic rings. The van der Waals surface area contributed by atoms with E-state index in [0.717, 1.165) is 29.0 Å². The summed E-state index contributed by atoms with van der Waals surface area (Å²) in [6, 6.07) is 15.3. The molecule has 1 atom stereocenters. The van der Waals surface area contributed by atoms with Gasteiger partial charge in [-0.15, -0.1) is 5.10 Å². The highest BCUT2D eigenvalue weighted by Gasteiger charge is 2.29. The van der Waals surface area contributed by atoms with Crippen LogP contribution >= 0.6 is 0 Å². The summed E-state index contributed by atoms with van der Waals surface area (Å²) in [5.41, 5.74) is 10.7. The molecule has 2 aromatic heterocycles. The molecule has 0 spiro atoms. The maximum absolute atomic E-state index is 4.37. The molecule has 0 fully saturated rings. The summed E-state index contributed by atoms with van der Waals surface area (Å²) in [6.07, 6.45) is 2.89. The van der Waals surface area contributed by atoms with Gasteiger partial charge in [-0.2, -0.15) is 5.10 Å². The molecule has 0 saturated carbocycles. The van der Waals surface area contributed by atoms with E-state index in [9.17, 15) is 0 Å². The molecular formula is C23H22N4. The molecule has 0 aliphatic carbocycles. The van der Waals surface area contributed by atoms with E-state index in [-0.39, 0.29) is 6.04 Å². The number of nitrogens with one attached hydrogen (secondary N) is 2. The number of benzene rings is 2. The molecule has 3 heterocycles. The lowest BCUT2D eigenvalue weighted by Crippen LogP contribution is -2.14. The molecule has 134 valence electrons. The molecule has 0 amide bonds. The Morgan fingerprint density at radius 2 is 1.89 bits per heavy atom. The number of aromatic amines is 1. The zero-order chi connectivity index (χ0) is 18.5. The van der Waals surface area contributed by atoms with Crippen LogP contribution in [0.3, 0.4) is 0 Å². The van der Waals surface area contributed by atoms with Crippen LogP contribution in [0.1, 0.15) is 40.9 Å². The Hall–Kier alpha value is -3.14. The minimum atomic E-state index is 0.0696. The Balaban J connectivity index is 1.89. The van der Waals surface area contributed by atoms with E-state index in [1.807, 2.05) is 6.20 Å². The molecule has 0 radical (unpaired) electrons. The van der Waals surface area contributed by atoms with Crippen molar-refractivity contribution < 1.29 is 0 Å². The molecule has 2 aromatic carbocycles. The second kappa shape index (κ2) is 5.95. The number of hydrogen-bond donors (Lipinski definition) is 2. The highest BCUT2D eigenvalue weighted by molar-refractivity contribution is 6.01. The fraction of sp³-hybridized carbons (Fsp3) is 0.217. The molecule has 0 bridgehead atoms. The average molecular weight is 354 g/mol. The van der Waals surface area contributed by atoms with Crippen molar-refractivity contribution in [1.29, 1.82) is 0 Å². The lowest BCUT2D eigenvalue weighted by molar-refractivity contribution is 0.904. The van der Waals surface area contributed by atoms with Crippen molar-refractivity contribution in [2.24, 2.45) is 0 Å². The lowest BCUT2D eigenvalue weighted by atomic mass is 9.90. The van der Waals surface area contributed by atoms with Gasteiger partial charge < -0.3 is 10.3 Å². The van der Waals surface area contributed by atoms with Gasteiger partial charge >= 0.3 is 0 Å². The fourth-order valence-corrected chi connectivity index (χ4v) is 4.35. The van der Waals surface area contributed by atoms with Gasteiger partial charge in [-0.05, 0) is 37.5 Å². The predicted molar refractivity (Wildman–Crippen MR) is 110 cm³/mol. The zero-order valence-electron chi connectivity index (χ0n) is 15.8. The van der Waals surface area contributed by atoms with Crippen molar-refractivity contribution in [2.75, 3.05) is 5.32 Å². The number of para-hydroxylation sites is 1. The molecule has 4 heteroatoms. The third-order valence-electron chi connectivity index (χ3n) is 5.63. The molecule has 0 saturated heterocycles. The number of anilines is 1. The normalized spacial score (nSPS) is 15.3. The van der Waals surface area contributed by atoms with E-state index in [0.29, 0.717) is 0 Å². The van der Waals surface area contributed by atoms with Gasteiger partial charge in [-0.1, -0.05) is 48.9 Å². The van der Waals surface area contributed by atoms with Crippen LogP contribution in [0.25, 0.3) is 22.2 Å². The molecule has 1 aliphatic rings. The summed E-state index contributed by atoms with van der Waals surface area (Å²) in [7, 11) is 0. The number of aryl methyl sites for hydroxylation is 3. The Morgan fingerprint density at radius 3 is 2.74 bits per heavy atom. The fourth-order valence-electron chi connectivity index (χ4n) is 4.35. The first-order chi connectivity index (χ1) is 13.2. The molecule has 5 rings (SSSR count). The summed E-state index contributed by atoms with van der Waals surface area (Å²) in [6.45, 7) is 6.51. The smallest absolute Gasteiger partial charge is 0.161 e. The van der Waals surface area contributed by atoms with Gasteiger partial charge in [0.15, 0.2) is 5.65 Å². The van der Waals surface area contributed by atoms with Gasteiger partial charge in [0.2, 0.25) is 0 Å². The van der Waals surface area contributed by atoms with Crippen molar-refractivity contribution in [3.8, 4) is 11.1 Å². The average Bonchev–Trinajstić information content (AvgIpc) is 2.93. The van der Waals surface area contributed by atoms with Gasteiger partial charge in [-0.3, -0.25) is 0 Å². The van der Waals surface area contributed by atoms with Gasteiger partial charge in [0, 0.05) is 33.5 Å². The molecule has 2 N–H and O–H groups in total. The third-order valence-corrected chi connectivity index (χ3v) is 5.63. The molecular weight excluding hydrogens is 332 g/mol. The lowest BCUT2D eigenvalue weighted by Gasteiger charge is -2.23. The minimum absolute atomic E-state index is 0.0696. The monoisotopic (exact) mass is 354 g/mol. The van der Waals surface area contributed by atoms with Gasteiger partial charge in [0.05, 0.1) is 12.2 Å². The summed E-state index contributed by atoms with van der Waals surface area (Å²) in [5, 5.41) is 13.6. The minimum Gasteiger partial charge on any atom is -0.374 e. The molecule has 27 heavy (non-hydrogen) atoms. The van der Waals surface area contributed by atoms with Crippen molar-refractivity contribution >= 4 is 16.7 Å². The first-order valence-corrected chi connectivity index (χ1v) is 9.46. The number of fused-ring (bicyclic) bond motifs is 2. The first kappa shape index (κ1) is 16.1. The van der Waals surface area contributed by atoms with E-state index >= 15 is 0 Å². The van der Waals surface area contributed by atoms with Crippen LogP contribution < -0.4 is 5.32 Å². The van der Waals surface area contributed by atoms with Crippen LogP contribution in [0.2, 0.25) is 0 Å². The Bertz CT molecular complexity index is 1170. The van der Waals surface area contributed by atoms with E-state index in [1.54, 1.807) is 0 Å². The van der Waals surface area contributed by atoms with Gasteiger partial charge in [0.25, 0.3) is 0 Å². The second-order valence-electron chi connectivity index (χ2n) is 7.32. The number of hydrogen-bond acceptors (Lipinski definition) is 3. The summed E-state index contributed by atoms with van der Waals surface area (Å²) < 4.78 is 0. The number of nitrogens with zero attached hydrogens (tertiary/aromatic N) is 2. The SMILES string of the molecule is CCc1ccc(C)cc1C1Nc2ccccc2-c2cnnc3[nH]c(C)c1c23. The molecule has 4 nitrogen and oxygen atoms in total. The Kier molecular flexibility index (Phi) is 3.54. The largest absolute Gasteiger partial charge is 0.374 e. The maximum atomic E-state index is 4.37. The van der Waals surface area contributed by atoms with E-state index in [4.69, 9.17) is 0 Å². The van der Waals surface area contributed by atoms with E-state index in [2.05, 4.69) is 83.7 Å². The molecule has 1 unspecified atom stereocenters. The number of rotatable bonds is 2. The first-order valence-electron chi connectivity index (χ1n) is 9.46. The van der Waals surface area contributed by atoms with Crippen molar-refractivity contribution in [3.05, 3.63) is 76.6 Å². The van der Waals surface area contributed by atoms with E-state index in [1.165, 1.54) is 33.2 Å². The van der Waals surface area contributed by atoms with Crippen LogP contribution in [0, 0.1) is 13.8 Å².